The van der Waals surface area contributed by atoms with Gasteiger partial charge in [0.25, 0.3) is 0 Å². The van der Waals surface area contributed by atoms with Gasteiger partial charge in [-0.25, -0.2) is 0 Å². The molecule has 0 atom stereocenters. The predicted molar refractivity (Wildman–Crippen MR) is 63.6 cm³/mol. The number of para-hydroxylation sites is 1. The lowest BCUT2D eigenvalue weighted by Gasteiger charge is -1.98. The summed E-state index contributed by atoms with van der Waals surface area (Å²) < 4.78 is 10.2. The monoisotopic (exact) mass is 210 g/mol. The molecule has 1 aromatic heterocycles. The van der Waals surface area contributed by atoms with Crippen LogP contribution in [0, 0.1) is 0 Å². The molecule has 2 nitrogen and oxygen atoms in total. The largest absolute Gasteiger partial charge is 0.298 e. The van der Waals surface area contributed by atoms with Crippen molar-refractivity contribution in [2.75, 3.05) is 0 Å². The van der Waals surface area contributed by atoms with E-state index in [1.54, 1.807) is 6.26 Å². The maximum Gasteiger partial charge on any atom is 0.186 e. The SMILES string of the molecule is c1ccc2c(c1)ccooc1ccccc12. The summed E-state index contributed by atoms with van der Waals surface area (Å²) in [5, 5.41) is 3.32. The molecule has 0 unspecified atom stereocenters. The van der Waals surface area contributed by atoms with E-state index in [-0.39, 0.29) is 0 Å². The number of fused-ring (bicyclic) bond motifs is 3. The normalized spacial score (nSPS) is 10.5. The third-order valence-corrected chi connectivity index (χ3v) is 2.58. The smallest absolute Gasteiger partial charge is 0.186 e. The van der Waals surface area contributed by atoms with Gasteiger partial charge in [0, 0.05) is 5.39 Å². The average molecular weight is 210 g/mol. The van der Waals surface area contributed by atoms with Crippen molar-refractivity contribution in [3.63, 3.8) is 0 Å². The molecule has 1 heterocycles. The minimum Gasteiger partial charge on any atom is -0.298 e. The van der Waals surface area contributed by atoms with Crippen LogP contribution in [-0.4, -0.2) is 0 Å². The molecule has 0 aliphatic heterocycles. The van der Waals surface area contributed by atoms with Crippen LogP contribution in [0.15, 0.2) is 70.0 Å². The van der Waals surface area contributed by atoms with E-state index >= 15 is 0 Å². The van der Waals surface area contributed by atoms with Gasteiger partial charge in [0.05, 0.1) is 0 Å². The molecule has 3 rings (SSSR count). The zero-order valence-electron chi connectivity index (χ0n) is 8.59. The van der Waals surface area contributed by atoms with Crippen molar-refractivity contribution in [2.24, 2.45) is 0 Å². The average Bonchev–Trinajstić information content (AvgIpc) is 2.33. The van der Waals surface area contributed by atoms with E-state index in [0.717, 1.165) is 21.7 Å². The summed E-state index contributed by atoms with van der Waals surface area (Å²) in [5.41, 5.74) is 0.735. The number of rotatable bonds is 0. The molecule has 16 heavy (non-hydrogen) atoms. The van der Waals surface area contributed by atoms with E-state index in [9.17, 15) is 0 Å². The molecule has 0 radical (unpaired) electrons. The first-order valence-electron chi connectivity index (χ1n) is 5.13. The van der Waals surface area contributed by atoms with Crippen LogP contribution in [0.2, 0.25) is 0 Å². The molecule has 0 aliphatic carbocycles. The summed E-state index contributed by atoms with van der Waals surface area (Å²) in [6.07, 6.45) is 1.55. The standard InChI is InChI=1S/C14H10O2/c1-2-6-12-11(5-1)9-10-15-16-14-8-4-3-7-13(12)14/h1-10H. The van der Waals surface area contributed by atoms with Gasteiger partial charge in [0.15, 0.2) is 5.58 Å². The van der Waals surface area contributed by atoms with Gasteiger partial charge in [-0.15, -0.1) is 0 Å². The van der Waals surface area contributed by atoms with Gasteiger partial charge >= 0.3 is 0 Å². The van der Waals surface area contributed by atoms with Crippen LogP contribution in [0.25, 0.3) is 21.7 Å². The fourth-order valence-electron chi connectivity index (χ4n) is 1.83. The van der Waals surface area contributed by atoms with E-state index in [1.807, 2.05) is 42.5 Å². The first kappa shape index (κ1) is 9.04. The summed E-state index contributed by atoms with van der Waals surface area (Å²) >= 11 is 0. The second kappa shape index (κ2) is 3.74. The zero-order chi connectivity index (χ0) is 10.8. The van der Waals surface area contributed by atoms with Crippen molar-refractivity contribution in [1.29, 1.82) is 0 Å². The van der Waals surface area contributed by atoms with Crippen molar-refractivity contribution >= 4 is 21.7 Å². The summed E-state index contributed by atoms with van der Waals surface area (Å²) in [6, 6.07) is 17.9. The van der Waals surface area contributed by atoms with E-state index in [2.05, 4.69) is 12.1 Å². The van der Waals surface area contributed by atoms with E-state index in [4.69, 9.17) is 9.15 Å². The lowest BCUT2D eigenvalue weighted by atomic mass is 10.1. The molecule has 0 N–H and O–H groups in total. The highest BCUT2D eigenvalue weighted by molar-refractivity contribution is 6.03. The summed E-state index contributed by atoms with van der Waals surface area (Å²) in [7, 11) is 0. The highest BCUT2D eigenvalue weighted by Gasteiger charge is 1.97. The number of benzene rings is 2. The Morgan fingerprint density at radius 3 is 2.38 bits per heavy atom. The van der Waals surface area contributed by atoms with Gasteiger partial charge < -0.3 is 0 Å². The highest BCUT2D eigenvalue weighted by Crippen LogP contribution is 2.21. The zero-order valence-corrected chi connectivity index (χ0v) is 8.59. The topological polar surface area (TPSA) is 26.3 Å². The molecule has 2 aromatic carbocycles. The van der Waals surface area contributed by atoms with Crippen molar-refractivity contribution < 1.29 is 9.15 Å². The maximum atomic E-state index is 5.20. The van der Waals surface area contributed by atoms with E-state index < -0.39 is 0 Å². The lowest BCUT2D eigenvalue weighted by Crippen LogP contribution is -1.73. The Morgan fingerprint density at radius 1 is 0.688 bits per heavy atom. The molecule has 78 valence electrons. The van der Waals surface area contributed by atoms with Crippen LogP contribution >= 0.6 is 0 Å². The fourth-order valence-corrected chi connectivity index (χ4v) is 1.83. The first-order chi connectivity index (χ1) is 7.95. The minimum absolute atomic E-state index is 0.735. The van der Waals surface area contributed by atoms with Gasteiger partial charge in [-0.3, -0.25) is 9.15 Å². The summed E-state index contributed by atoms with van der Waals surface area (Å²) in [4.78, 5) is 0. The molecular weight excluding hydrogens is 200 g/mol. The van der Waals surface area contributed by atoms with Crippen molar-refractivity contribution in [3.8, 4) is 0 Å². The molecular formula is C14H10O2. The van der Waals surface area contributed by atoms with Gasteiger partial charge in [0.1, 0.15) is 6.26 Å². The molecule has 0 amide bonds. The third kappa shape index (κ3) is 1.44. The van der Waals surface area contributed by atoms with Crippen molar-refractivity contribution in [3.05, 3.63) is 60.9 Å². The lowest BCUT2D eigenvalue weighted by molar-refractivity contribution is 0.0691. The highest BCUT2D eigenvalue weighted by atomic mass is 17.0. The van der Waals surface area contributed by atoms with Crippen molar-refractivity contribution in [1.82, 2.24) is 0 Å². The Morgan fingerprint density at radius 2 is 1.44 bits per heavy atom. The molecule has 0 bridgehead atoms. The Labute approximate surface area is 92.4 Å². The first-order valence-corrected chi connectivity index (χ1v) is 5.13. The molecule has 0 saturated heterocycles. The molecule has 0 fully saturated rings. The third-order valence-electron chi connectivity index (χ3n) is 2.58. The Balaban J connectivity index is 2.63. The van der Waals surface area contributed by atoms with Crippen LogP contribution < -0.4 is 0 Å². The second-order valence-electron chi connectivity index (χ2n) is 3.57. The van der Waals surface area contributed by atoms with Crippen LogP contribution in [0.5, 0.6) is 0 Å². The van der Waals surface area contributed by atoms with Crippen LogP contribution in [0.1, 0.15) is 0 Å². The fraction of sp³-hybridized carbons (Fsp3) is 0. The predicted octanol–water partition coefficient (Wildman–Crippen LogP) is 4.30. The maximum absolute atomic E-state index is 5.20. The van der Waals surface area contributed by atoms with Gasteiger partial charge in [-0.2, -0.15) is 0 Å². The Bertz CT molecular complexity index is 615. The number of hydrogen-bond acceptors (Lipinski definition) is 2. The quantitative estimate of drug-likeness (QED) is 0.517. The van der Waals surface area contributed by atoms with Gasteiger partial charge in [-0.1, -0.05) is 42.5 Å². The summed E-state index contributed by atoms with van der Waals surface area (Å²) in [5.74, 6) is 0. The molecule has 0 saturated carbocycles. The van der Waals surface area contributed by atoms with Crippen molar-refractivity contribution in [2.45, 2.75) is 0 Å². The minimum atomic E-state index is 0.735. The van der Waals surface area contributed by atoms with E-state index in [0.29, 0.717) is 0 Å². The number of hydrogen-bond donors (Lipinski definition) is 0. The molecule has 2 heteroatoms. The molecule has 0 aliphatic rings. The van der Waals surface area contributed by atoms with E-state index in [1.165, 1.54) is 0 Å². The molecule has 3 aromatic rings. The van der Waals surface area contributed by atoms with Crippen LogP contribution in [0.3, 0.4) is 0 Å². The van der Waals surface area contributed by atoms with Crippen LogP contribution in [0.4, 0.5) is 0 Å². The molecule has 0 spiro atoms. The van der Waals surface area contributed by atoms with Gasteiger partial charge in [0.2, 0.25) is 0 Å². The Kier molecular flexibility index (Phi) is 2.11. The summed E-state index contributed by atoms with van der Waals surface area (Å²) in [6.45, 7) is 0. The van der Waals surface area contributed by atoms with Crippen LogP contribution in [-0.2, 0) is 0 Å². The second-order valence-corrected chi connectivity index (χ2v) is 3.57. The van der Waals surface area contributed by atoms with Gasteiger partial charge in [-0.05, 0) is 22.9 Å². The Hall–Kier alpha value is -2.22.